The van der Waals surface area contributed by atoms with Crippen LogP contribution in [0, 0.1) is 0 Å². The van der Waals surface area contributed by atoms with E-state index in [1.165, 1.54) is 6.20 Å². The molecule has 0 fully saturated rings. The van der Waals surface area contributed by atoms with Gasteiger partial charge in [-0.15, -0.1) is 0 Å². The van der Waals surface area contributed by atoms with E-state index in [1.807, 2.05) is 0 Å². The minimum absolute atomic E-state index is 0.300. The summed E-state index contributed by atoms with van der Waals surface area (Å²) in [6.45, 7) is 1.74. The van der Waals surface area contributed by atoms with Gasteiger partial charge in [0, 0.05) is 6.20 Å². The maximum Gasteiger partial charge on any atom is 0.243 e. The van der Waals surface area contributed by atoms with Gasteiger partial charge in [0.2, 0.25) is 11.7 Å². The Morgan fingerprint density at radius 3 is 2.75 bits per heavy atom. The fraction of sp³-hybridized carbons (Fsp3) is 0.222. The van der Waals surface area contributed by atoms with E-state index in [-0.39, 0.29) is 6.04 Å². The van der Waals surface area contributed by atoms with Crippen molar-refractivity contribution in [2.75, 3.05) is 0 Å². The van der Waals surface area contributed by atoms with Crippen molar-refractivity contribution in [1.82, 2.24) is 15.1 Å². The molecule has 0 aromatic carbocycles. The summed E-state index contributed by atoms with van der Waals surface area (Å²) in [5.41, 5.74) is 6.01. The van der Waals surface area contributed by atoms with Gasteiger partial charge in [0.25, 0.3) is 0 Å². The van der Waals surface area contributed by atoms with Crippen LogP contribution >= 0.6 is 23.2 Å². The van der Waals surface area contributed by atoms with E-state index in [9.17, 15) is 0 Å². The Bertz CT molecular complexity index is 512. The van der Waals surface area contributed by atoms with Crippen LogP contribution in [0.1, 0.15) is 18.9 Å². The van der Waals surface area contributed by atoms with Gasteiger partial charge in [-0.25, -0.2) is 4.98 Å². The summed E-state index contributed by atoms with van der Waals surface area (Å²) in [7, 11) is 0. The van der Waals surface area contributed by atoms with Crippen LogP contribution in [0.25, 0.3) is 11.5 Å². The maximum atomic E-state index is 5.95. The first-order valence-electron chi connectivity index (χ1n) is 4.48. The van der Waals surface area contributed by atoms with E-state index in [2.05, 4.69) is 15.1 Å². The number of hydrogen-bond acceptors (Lipinski definition) is 5. The molecular formula is C9H8Cl2N4O. The highest BCUT2D eigenvalue weighted by atomic mass is 35.5. The third-order valence-electron chi connectivity index (χ3n) is 1.85. The van der Waals surface area contributed by atoms with Gasteiger partial charge in [-0.1, -0.05) is 28.4 Å². The van der Waals surface area contributed by atoms with Crippen LogP contribution in [0.5, 0.6) is 0 Å². The van der Waals surface area contributed by atoms with Gasteiger partial charge >= 0.3 is 0 Å². The third kappa shape index (κ3) is 2.16. The average Bonchev–Trinajstić information content (AvgIpc) is 2.66. The quantitative estimate of drug-likeness (QED) is 0.896. The Labute approximate surface area is 102 Å². The molecule has 2 aromatic heterocycles. The number of halogens is 2. The van der Waals surface area contributed by atoms with Crippen LogP contribution in [0.3, 0.4) is 0 Å². The second-order valence-corrected chi connectivity index (χ2v) is 4.07. The zero-order chi connectivity index (χ0) is 11.7. The Morgan fingerprint density at radius 1 is 1.44 bits per heavy atom. The number of aromatic nitrogens is 3. The number of rotatable bonds is 2. The van der Waals surface area contributed by atoms with E-state index in [4.69, 9.17) is 33.5 Å². The summed E-state index contributed by atoms with van der Waals surface area (Å²) in [6, 6.07) is 1.24. The highest BCUT2D eigenvalue weighted by molar-refractivity contribution is 6.35. The maximum absolute atomic E-state index is 5.95. The van der Waals surface area contributed by atoms with E-state index in [0.717, 1.165) is 0 Å². The predicted octanol–water partition coefficient (Wildman–Crippen LogP) is 2.46. The Morgan fingerprint density at radius 2 is 2.19 bits per heavy atom. The zero-order valence-electron chi connectivity index (χ0n) is 8.32. The third-order valence-corrected chi connectivity index (χ3v) is 2.35. The van der Waals surface area contributed by atoms with E-state index in [0.29, 0.717) is 27.5 Å². The molecule has 0 saturated carbocycles. The van der Waals surface area contributed by atoms with Gasteiger partial charge in [-0.2, -0.15) is 4.98 Å². The molecule has 2 aromatic rings. The molecule has 0 aliphatic rings. The summed E-state index contributed by atoms with van der Waals surface area (Å²) in [5, 5.41) is 4.56. The second kappa shape index (κ2) is 4.37. The van der Waals surface area contributed by atoms with Crippen LogP contribution in [-0.2, 0) is 0 Å². The van der Waals surface area contributed by atoms with E-state index < -0.39 is 0 Å². The van der Waals surface area contributed by atoms with Gasteiger partial charge in [-0.05, 0) is 13.0 Å². The first-order valence-corrected chi connectivity index (χ1v) is 5.24. The van der Waals surface area contributed by atoms with Crippen LogP contribution in [0.4, 0.5) is 0 Å². The van der Waals surface area contributed by atoms with Gasteiger partial charge < -0.3 is 10.3 Å². The standard InChI is InChI=1S/C9H8Cl2N4O/c1-4(12)9-14-8(15-16-9)7-6(11)2-5(10)3-13-7/h2-4H,12H2,1H3. The molecule has 2 rings (SSSR count). The summed E-state index contributed by atoms with van der Waals surface area (Å²) < 4.78 is 4.95. The Balaban J connectivity index is 2.42. The largest absolute Gasteiger partial charge is 0.337 e. The minimum atomic E-state index is -0.327. The monoisotopic (exact) mass is 258 g/mol. The van der Waals surface area contributed by atoms with Gasteiger partial charge in [0.15, 0.2) is 0 Å². The number of pyridine rings is 1. The minimum Gasteiger partial charge on any atom is -0.337 e. The Hall–Kier alpha value is -1.17. The smallest absolute Gasteiger partial charge is 0.243 e. The van der Waals surface area contributed by atoms with Crippen molar-refractivity contribution < 1.29 is 4.52 Å². The van der Waals surface area contributed by atoms with Gasteiger partial charge in [0.1, 0.15) is 5.69 Å². The molecule has 1 unspecified atom stereocenters. The molecule has 7 heteroatoms. The van der Waals surface area contributed by atoms with Crippen LogP contribution in [0.2, 0.25) is 10.0 Å². The average molecular weight is 259 g/mol. The zero-order valence-corrected chi connectivity index (χ0v) is 9.83. The molecule has 0 aliphatic heterocycles. The van der Waals surface area contributed by atoms with Crippen molar-refractivity contribution in [2.24, 2.45) is 5.73 Å². The molecule has 0 aliphatic carbocycles. The van der Waals surface area contributed by atoms with E-state index >= 15 is 0 Å². The molecule has 1 atom stereocenters. The summed E-state index contributed by atoms with van der Waals surface area (Å²) in [4.78, 5) is 8.11. The first-order chi connectivity index (χ1) is 7.58. The highest BCUT2D eigenvalue weighted by Crippen LogP contribution is 2.26. The predicted molar refractivity (Wildman–Crippen MR) is 60.2 cm³/mol. The van der Waals surface area contributed by atoms with Crippen molar-refractivity contribution in [3.63, 3.8) is 0 Å². The van der Waals surface area contributed by atoms with Crippen LogP contribution < -0.4 is 5.73 Å². The normalized spacial score (nSPS) is 12.8. The molecule has 0 spiro atoms. The summed E-state index contributed by atoms with van der Waals surface area (Å²) in [6.07, 6.45) is 1.46. The number of nitrogens with zero attached hydrogens (tertiary/aromatic N) is 3. The lowest BCUT2D eigenvalue weighted by Crippen LogP contribution is -2.04. The van der Waals surface area contributed by atoms with Gasteiger partial charge in [-0.3, -0.25) is 0 Å². The van der Waals surface area contributed by atoms with Crippen molar-refractivity contribution in [1.29, 1.82) is 0 Å². The lowest BCUT2D eigenvalue weighted by molar-refractivity contribution is 0.362. The van der Waals surface area contributed by atoms with Gasteiger partial charge in [0.05, 0.1) is 16.1 Å². The molecule has 2 heterocycles. The summed E-state index contributed by atoms with van der Waals surface area (Å²) >= 11 is 11.7. The molecule has 0 radical (unpaired) electrons. The highest BCUT2D eigenvalue weighted by Gasteiger charge is 2.15. The molecule has 84 valence electrons. The van der Waals surface area contributed by atoms with Crippen LogP contribution in [-0.4, -0.2) is 15.1 Å². The molecule has 0 bridgehead atoms. The van der Waals surface area contributed by atoms with Crippen molar-refractivity contribution in [2.45, 2.75) is 13.0 Å². The van der Waals surface area contributed by atoms with Crippen molar-refractivity contribution in [3.8, 4) is 11.5 Å². The Kier molecular flexibility index (Phi) is 3.09. The molecule has 0 saturated heterocycles. The van der Waals surface area contributed by atoms with Crippen LogP contribution in [0.15, 0.2) is 16.8 Å². The van der Waals surface area contributed by atoms with Crippen molar-refractivity contribution in [3.05, 3.63) is 28.2 Å². The molecule has 0 amide bonds. The first kappa shape index (κ1) is 11.3. The second-order valence-electron chi connectivity index (χ2n) is 3.23. The number of nitrogens with two attached hydrogens (primary N) is 1. The topological polar surface area (TPSA) is 77.8 Å². The molecular weight excluding hydrogens is 251 g/mol. The fourth-order valence-electron chi connectivity index (χ4n) is 1.10. The fourth-order valence-corrected chi connectivity index (χ4v) is 1.56. The molecule has 16 heavy (non-hydrogen) atoms. The molecule has 2 N–H and O–H groups in total. The lowest BCUT2D eigenvalue weighted by atomic mass is 10.3. The van der Waals surface area contributed by atoms with Crippen molar-refractivity contribution >= 4 is 23.2 Å². The molecule has 5 nitrogen and oxygen atoms in total. The lowest BCUT2D eigenvalue weighted by Gasteiger charge is -1.97. The SMILES string of the molecule is CC(N)c1nc(-c2ncc(Cl)cc2Cl)no1. The number of hydrogen-bond donors (Lipinski definition) is 1. The van der Waals surface area contributed by atoms with E-state index in [1.54, 1.807) is 13.0 Å². The summed E-state index contributed by atoms with van der Waals surface area (Å²) in [5.74, 6) is 0.636.